The van der Waals surface area contributed by atoms with Gasteiger partial charge in [0.05, 0.1) is 4.90 Å². The third-order valence-corrected chi connectivity index (χ3v) is 5.44. The summed E-state index contributed by atoms with van der Waals surface area (Å²) in [7, 11) is -3.65. The lowest BCUT2D eigenvalue weighted by atomic mass is 10.2. The first kappa shape index (κ1) is 19.2. The molecule has 0 radical (unpaired) electrons. The molecule has 0 unspecified atom stereocenters. The van der Waals surface area contributed by atoms with Gasteiger partial charge in [0.25, 0.3) is 0 Å². The number of hydrogen-bond donors (Lipinski definition) is 1. The van der Waals surface area contributed by atoms with Gasteiger partial charge in [-0.2, -0.15) is 20.1 Å². The molecular weight excluding hydrogens is 326 g/mol. The molecule has 0 bridgehead atoms. The van der Waals surface area contributed by atoms with Crippen LogP contribution >= 0.6 is 0 Å². The number of nitrogens with zero attached hydrogens (tertiary/aromatic N) is 4. The van der Waals surface area contributed by atoms with Crippen molar-refractivity contribution in [2.75, 3.05) is 18.4 Å². The molecule has 0 atom stereocenters. The molecule has 124 valence electrons. The van der Waals surface area contributed by atoms with Gasteiger partial charge in [0, 0.05) is 18.8 Å². The Hall–Kier alpha value is -2.86. The minimum Gasteiger partial charge on any atom is -0.345 e. The van der Waals surface area contributed by atoms with Gasteiger partial charge < -0.3 is 5.32 Å². The van der Waals surface area contributed by atoms with E-state index >= 15 is 0 Å². The van der Waals surface area contributed by atoms with Gasteiger partial charge in [0.2, 0.25) is 10.0 Å². The molecule has 0 spiro atoms. The van der Waals surface area contributed by atoms with E-state index in [1.54, 1.807) is 45.0 Å². The van der Waals surface area contributed by atoms with Crippen LogP contribution in [0.25, 0.3) is 0 Å². The lowest BCUT2D eigenvalue weighted by Crippen LogP contribution is -2.30. The molecule has 0 aromatic heterocycles. The van der Waals surface area contributed by atoms with E-state index < -0.39 is 10.0 Å². The minimum absolute atomic E-state index is 0.0760. The van der Waals surface area contributed by atoms with Crippen LogP contribution in [0.1, 0.15) is 19.4 Å². The second-order valence-electron chi connectivity index (χ2n) is 4.78. The summed E-state index contributed by atoms with van der Waals surface area (Å²) in [5.41, 5.74) is 0.439. The van der Waals surface area contributed by atoms with E-state index in [0.717, 1.165) is 0 Å². The zero-order chi connectivity index (χ0) is 18.3. The molecule has 0 saturated carbocycles. The van der Waals surface area contributed by atoms with E-state index in [0.29, 0.717) is 24.3 Å². The molecule has 1 aromatic rings. The first-order chi connectivity index (χ1) is 11.3. The van der Waals surface area contributed by atoms with Gasteiger partial charge in [0.1, 0.15) is 23.9 Å². The summed E-state index contributed by atoms with van der Waals surface area (Å²) in [6.07, 6.45) is 0. The molecule has 24 heavy (non-hydrogen) atoms. The topological polar surface area (TPSA) is 121 Å². The van der Waals surface area contributed by atoms with Crippen molar-refractivity contribution < 1.29 is 8.42 Å². The molecule has 0 aliphatic carbocycles. The van der Waals surface area contributed by atoms with E-state index in [9.17, 15) is 8.42 Å². The SMILES string of the molecule is CCN(CC)S(=O)(=O)c1ccc(C)c(NC(C#N)=C(C#N)C#N)c1. The van der Waals surface area contributed by atoms with Crippen molar-refractivity contribution in [2.45, 2.75) is 25.7 Å². The van der Waals surface area contributed by atoms with Crippen LogP contribution in [0.2, 0.25) is 0 Å². The van der Waals surface area contributed by atoms with E-state index in [-0.39, 0.29) is 16.2 Å². The van der Waals surface area contributed by atoms with Crippen LogP contribution in [0.4, 0.5) is 5.69 Å². The van der Waals surface area contributed by atoms with Crippen molar-refractivity contribution in [1.82, 2.24) is 4.31 Å². The quantitative estimate of drug-likeness (QED) is 0.791. The monoisotopic (exact) mass is 343 g/mol. The van der Waals surface area contributed by atoms with E-state index in [1.165, 1.54) is 16.4 Å². The predicted octanol–water partition coefficient (Wildman–Crippen LogP) is 2.26. The summed E-state index contributed by atoms with van der Waals surface area (Å²) >= 11 is 0. The van der Waals surface area contributed by atoms with Gasteiger partial charge in [-0.3, -0.25) is 0 Å². The van der Waals surface area contributed by atoms with Gasteiger partial charge in [-0.1, -0.05) is 19.9 Å². The molecule has 0 saturated heterocycles. The first-order valence-electron chi connectivity index (χ1n) is 7.18. The zero-order valence-corrected chi connectivity index (χ0v) is 14.5. The maximum atomic E-state index is 12.6. The molecule has 1 aromatic carbocycles. The van der Waals surface area contributed by atoms with Crippen molar-refractivity contribution in [3.63, 3.8) is 0 Å². The van der Waals surface area contributed by atoms with E-state index in [2.05, 4.69) is 5.32 Å². The summed E-state index contributed by atoms with van der Waals surface area (Å²) in [5, 5.41) is 29.5. The van der Waals surface area contributed by atoms with Crippen molar-refractivity contribution in [1.29, 1.82) is 15.8 Å². The lowest BCUT2D eigenvalue weighted by molar-refractivity contribution is 0.445. The number of aryl methyl sites for hydroxylation is 1. The number of nitrogens with one attached hydrogen (secondary N) is 1. The largest absolute Gasteiger partial charge is 0.345 e. The Labute approximate surface area is 142 Å². The van der Waals surface area contributed by atoms with Crippen LogP contribution in [0.15, 0.2) is 34.4 Å². The third kappa shape index (κ3) is 3.91. The normalized spacial score (nSPS) is 10.4. The van der Waals surface area contributed by atoms with Crippen LogP contribution in [-0.4, -0.2) is 25.8 Å². The van der Waals surface area contributed by atoms with Gasteiger partial charge >= 0.3 is 0 Å². The smallest absolute Gasteiger partial charge is 0.243 e. The Morgan fingerprint density at radius 2 is 1.71 bits per heavy atom. The number of benzene rings is 1. The molecule has 0 aliphatic heterocycles. The summed E-state index contributed by atoms with van der Waals surface area (Å²) in [6.45, 7) is 5.90. The van der Waals surface area contributed by atoms with E-state index in [4.69, 9.17) is 15.8 Å². The maximum absolute atomic E-state index is 12.6. The average molecular weight is 343 g/mol. The van der Waals surface area contributed by atoms with Crippen molar-refractivity contribution in [3.8, 4) is 18.2 Å². The second-order valence-corrected chi connectivity index (χ2v) is 6.71. The summed E-state index contributed by atoms with van der Waals surface area (Å²) < 4.78 is 26.5. The average Bonchev–Trinajstić information content (AvgIpc) is 2.57. The Balaban J connectivity index is 3.41. The van der Waals surface area contributed by atoms with Gasteiger partial charge in [-0.15, -0.1) is 0 Å². The number of nitriles is 3. The molecule has 8 heteroatoms. The molecule has 0 amide bonds. The van der Waals surface area contributed by atoms with Crippen molar-refractivity contribution in [3.05, 3.63) is 35.0 Å². The number of sulfonamides is 1. The highest BCUT2D eigenvalue weighted by Crippen LogP contribution is 2.24. The Bertz CT molecular complexity index is 863. The lowest BCUT2D eigenvalue weighted by Gasteiger charge is -2.19. The van der Waals surface area contributed by atoms with Crippen LogP contribution in [0.5, 0.6) is 0 Å². The van der Waals surface area contributed by atoms with Gasteiger partial charge in [0.15, 0.2) is 5.57 Å². The Morgan fingerprint density at radius 3 is 2.17 bits per heavy atom. The third-order valence-electron chi connectivity index (χ3n) is 3.40. The molecule has 0 fully saturated rings. The van der Waals surface area contributed by atoms with Gasteiger partial charge in [-0.25, -0.2) is 8.42 Å². The fraction of sp³-hybridized carbons (Fsp3) is 0.312. The molecule has 0 heterocycles. The molecular formula is C16H17N5O2S. The molecule has 7 nitrogen and oxygen atoms in total. The van der Waals surface area contributed by atoms with Crippen LogP contribution in [-0.2, 0) is 10.0 Å². The predicted molar refractivity (Wildman–Crippen MR) is 88.8 cm³/mol. The van der Waals surface area contributed by atoms with Crippen LogP contribution in [0.3, 0.4) is 0 Å². The number of anilines is 1. The minimum atomic E-state index is -3.65. The highest BCUT2D eigenvalue weighted by Gasteiger charge is 2.22. The first-order valence-corrected chi connectivity index (χ1v) is 8.62. The maximum Gasteiger partial charge on any atom is 0.243 e. The highest BCUT2D eigenvalue weighted by atomic mass is 32.2. The molecule has 0 aliphatic rings. The fourth-order valence-corrected chi connectivity index (χ4v) is 3.51. The fourth-order valence-electron chi connectivity index (χ4n) is 2.03. The Morgan fingerprint density at radius 1 is 1.12 bits per heavy atom. The van der Waals surface area contributed by atoms with Crippen LogP contribution < -0.4 is 5.32 Å². The second kappa shape index (κ2) is 8.12. The molecule has 1 rings (SSSR count). The van der Waals surface area contributed by atoms with E-state index in [1.807, 2.05) is 0 Å². The van der Waals surface area contributed by atoms with Crippen molar-refractivity contribution in [2.24, 2.45) is 0 Å². The number of rotatable bonds is 6. The summed E-state index contributed by atoms with van der Waals surface area (Å²) in [6, 6.07) is 9.49. The molecule has 1 N–H and O–H groups in total. The van der Waals surface area contributed by atoms with Crippen LogP contribution in [0, 0.1) is 40.9 Å². The standard InChI is InChI=1S/C16H17N5O2S/c1-4-21(5-2)24(22,23)14-7-6-12(3)15(8-14)20-16(11-19)13(9-17)10-18/h6-8,20H,4-5H2,1-3H3. The van der Waals surface area contributed by atoms with Crippen molar-refractivity contribution >= 4 is 15.7 Å². The Kier molecular flexibility index (Phi) is 6.49. The zero-order valence-electron chi connectivity index (χ0n) is 13.7. The van der Waals surface area contributed by atoms with Gasteiger partial charge in [-0.05, 0) is 24.6 Å². The number of allylic oxidation sites excluding steroid dienone is 2. The highest BCUT2D eigenvalue weighted by molar-refractivity contribution is 7.89. The summed E-state index contributed by atoms with van der Waals surface area (Å²) in [5.74, 6) is 0. The summed E-state index contributed by atoms with van der Waals surface area (Å²) in [4.78, 5) is 0.0760. The number of hydrogen-bond acceptors (Lipinski definition) is 6.